The summed E-state index contributed by atoms with van der Waals surface area (Å²) in [6.45, 7) is 0. The van der Waals surface area contributed by atoms with Crippen LogP contribution >= 0.6 is 22.6 Å². The van der Waals surface area contributed by atoms with Gasteiger partial charge in [-0.15, -0.1) is 0 Å². The fourth-order valence-corrected chi connectivity index (χ4v) is 2.47. The van der Waals surface area contributed by atoms with E-state index in [9.17, 15) is 29.8 Å². The first-order valence-corrected chi connectivity index (χ1v) is 7.66. The number of carbonyl (C=O) groups is 2. The van der Waals surface area contributed by atoms with Crippen LogP contribution in [0.5, 0.6) is 0 Å². The highest BCUT2D eigenvalue weighted by Gasteiger charge is 2.20. The second-order valence-electron chi connectivity index (χ2n) is 4.64. The number of benzene rings is 2. The zero-order valence-electron chi connectivity index (χ0n) is 12.3. The van der Waals surface area contributed by atoms with Gasteiger partial charge < -0.3 is 0 Å². The quantitative estimate of drug-likeness (QED) is 0.410. The lowest BCUT2D eigenvalue weighted by atomic mass is 10.1. The molecule has 0 bridgehead atoms. The van der Waals surface area contributed by atoms with E-state index in [1.54, 1.807) is 24.3 Å². The summed E-state index contributed by atoms with van der Waals surface area (Å²) < 4.78 is 0.651. The lowest BCUT2D eigenvalue weighted by Crippen LogP contribution is -2.41. The second-order valence-corrected chi connectivity index (χ2v) is 5.80. The lowest BCUT2D eigenvalue weighted by Gasteiger charge is -2.08. The minimum absolute atomic E-state index is 0.313. The molecule has 0 heterocycles. The molecule has 0 aliphatic heterocycles. The Morgan fingerprint density at radius 1 is 0.880 bits per heavy atom. The molecule has 25 heavy (non-hydrogen) atoms. The molecule has 128 valence electrons. The van der Waals surface area contributed by atoms with Gasteiger partial charge in [0.15, 0.2) is 0 Å². The minimum atomic E-state index is -0.925. The van der Waals surface area contributed by atoms with Crippen LogP contribution in [0.1, 0.15) is 20.7 Å². The van der Waals surface area contributed by atoms with E-state index in [1.165, 1.54) is 0 Å². The first-order valence-electron chi connectivity index (χ1n) is 6.58. The molecule has 2 rings (SSSR count). The van der Waals surface area contributed by atoms with Gasteiger partial charge in [0.25, 0.3) is 23.2 Å². The Hall–Kier alpha value is -3.09. The van der Waals surface area contributed by atoms with E-state index in [1.807, 2.05) is 22.6 Å². The summed E-state index contributed by atoms with van der Waals surface area (Å²) in [5.41, 5.74) is 2.99. The molecule has 2 aromatic carbocycles. The van der Waals surface area contributed by atoms with Crippen molar-refractivity contribution < 1.29 is 19.4 Å². The maximum absolute atomic E-state index is 12.0. The van der Waals surface area contributed by atoms with E-state index in [4.69, 9.17) is 0 Å². The number of nitrogens with zero attached hydrogens (tertiary/aromatic N) is 2. The van der Waals surface area contributed by atoms with Crippen LogP contribution in [0.4, 0.5) is 11.4 Å². The van der Waals surface area contributed by atoms with Crippen molar-refractivity contribution in [2.24, 2.45) is 0 Å². The number of nitro groups is 2. The number of nitro benzene ring substituents is 2. The van der Waals surface area contributed by atoms with E-state index in [0.29, 0.717) is 9.13 Å². The molecule has 0 saturated heterocycles. The van der Waals surface area contributed by atoms with Crippen LogP contribution in [0.15, 0.2) is 42.5 Å². The summed E-state index contributed by atoms with van der Waals surface area (Å²) in [6.07, 6.45) is 0. The molecular formula is C14H9IN4O6. The fourth-order valence-electron chi connectivity index (χ4n) is 1.84. The van der Waals surface area contributed by atoms with E-state index in [0.717, 1.165) is 18.2 Å². The lowest BCUT2D eigenvalue weighted by molar-refractivity contribution is -0.394. The maximum Gasteiger partial charge on any atom is 0.277 e. The number of hydrogen-bond donors (Lipinski definition) is 2. The van der Waals surface area contributed by atoms with Crippen LogP contribution in [0.2, 0.25) is 0 Å². The third kappa shape index (κ3) is 4.47. The molecule has 0 radical (unpaired) electrons. The molecule has 10 nitrogen and oxygen atoms in total. The summed E-state index contributed by atoms with van der Waals surface area (Å²) in [5, 5.41) is 21.6. The van der Waals surface area contributed by atoms with Crippen LogP contribution in [0.3, 0.4) is 0 Å². The molecule has 2 amide bonds. The van der Waals surface area contributed by atoms with Crippen molar-refractivity contribution in [3.8, 4) is 0 Å². The number of rotatable bonds is 4. The van der Waals surface area contributed by atoms with Gasteiger partial charge in [-0.1, -0.05) is 12.1 Å². The average Bonchev–Trinajstić information content (AvgIpc) is 2.59. The van der Waals surface area contributed by atoms with Gasteiger partial charge in [-0.3, -0.25) is 40.7 Å². The van der Waals surface area contributed by atoms with Crippen LogP contribution in [-0.2, 0) is 0 Å². The summed E-state index contributed by atoms with van der Waals surface area (Å²) in [4.78, 5) is 44.0. The predicted octanol–water partition coefficient (Wildman–Crippen LogP) is 2.18. The molecule has 2 aromatic rings. The maximum atomic E-state index is 12.0. The minimum Gasteiger partial charge on any atom is -0.267 e. The fraction of sp³-hybridized carbons (Fsp3) is 0. The van der Waals surface area contributed by atoms with Gasteiger partial charge in [-0.05, 0) is 34.7 Å². The van der Waals surface area contributed by atoms with Crippen molar-refractivity contribution in [3.63, 3.8) is 0 Å². The molecule has 0 fully saturated rings. The zero-order valence-corrected chi connectivity index (χ0v) is 14.4. The van der Waals surface area contributed by atoms with Gasteiger partial charge in [0.05, 0.1) is 27.0 Å². The molecule has 0 saturated carbocycles. The van der Waals surface area contributed by atoms with Crippen molar-refractivity contribution >= 4 is 45.8 Å². The highest BCUT2D eigenvalue weighted by molar-refractivity contribution is 14.1. The highest BCUT2D eigenvalue weighted by atomic mass is 127. The SMILES string of the molecule is O=C(NNC(=O)c1ccccc1I)c1cc([N+](=O)[O-])cc([N+](=O)[O-])c1. The van der Waals surface area contributed by atoms with Gasteiger partial charge >= 0.3 is 0 Å². The largest absolute Gasteiger partial charge is 0.277 e. The monoisotopic (exact) mass is 456 g/mol. The van der Waals surface area contributed by atoms with Gasteiger partial charge in [0.1, 0.15) is 0 Å². The van der Waals surface area contributed by atoms with Gasteiger partial charge in [0.2, 0.25) is 0 Å². The average molecular weight is 456 g/mol. The van der Waals surface area contributed by atoms with Crippen molar-refractivity contribution in [2.45, 2.75) is 0 Å². The Morgan fingerprint density at radius 3 is 1.92 bits per heavy atom. The van der Waals surface area contributed by atoms with E-state index >= 15 is 0 Å². The van der Waals surface area contributed by atoms with Gasteiger partial charge in [-0.25, -0.2) is 0 Å². The molecule has 0 aliphatic rings. The number of halogens is 1. The first-order chi connectivity index (χ1) is 11.8. The number of non-ortho nitro benzene ring substituents is 2. The summed E-state index contributed by atoms with van der Waals surface area (Å²) in [7, 11) is 0. The Morgan fingerprint density at radius 2 is 1.40 bits per heavy atom. The summed E-state index contributed by atoms with van der Waals surface area (Å²) in [5.74, 6) is -1.52. The summed E-state index contributed by atoms with van der Waals surface area (Å²) in [6, 6.07) is 9.11. The topological polar surface area (TPSA) is 144 Å². The Kier molecular flexibility index (Phi) is 5.59. The Balaban J connectivity index is 2.18. The van der Waals surface area contributed by atoms with Gasteiger partial charge in [0, 0.05) is 15.7 Å². The number of nitrogens with one attached hydrogen (secondary N) is 2. The van der Waals surface area contributed by atoms with E-state index < -0.39 is 33.0 Å². The van der Waals surface area contributed by atoms with Crippen molar-refractivity contribution in [2.75, 3.05) is 0 Å². The first kappa shape index (κ1) is 18.3. The van der Waals surface area contributed by atoms with Crippen molar-refractivity contribution in [3.05, 3.63) is 77.4 Å². The predicted molar refractivity (Wildman–Crippen MR) is 93.8 cm³/mol. The smallest absolute Gasteiger partial charge is 0.267 e. The number of carbonyl (C=O) groups excluding carboxylic acids is 2. The van der Waals surface area contributed by atoms with Crippen molar-refractivity contribution in [1.29, 1.82) is 0 Å². The molecular weight excluding hydrogens is 447 g/mol. The normalized spacial score (nSPS) is 9.96. The molecule has 0 spiro atoms. The molecule has 2 N–H and O–H groups in total. The molecule has 0 unspecified atom stereocenters. The zero-order chi connectivity index (χ0) is 18.6. The van der Waals surface area contributed by atoms with Crippen LogP contribution < -0.4 is 10.9 Å². The molecule has 0 aromatic heterocycles. The molecule has 11 heteroatoms. The van der Waals surface area contributed by atoms with Crippen molar-refractivity contribution in [1.82, 2.24) is 10.9 Å². The van der Waals surface area contributed by atoms with E-state index in [2.05, 4.69) is 10.9 Å². The van der Waals surface area contributed by atoms with Crippen LogP contribution in [-0.4, -0.2) is 21.7 Å². The number of amides is 2. The van der Waals surface area contributed by atoms with E-state index in [-0.39, 0.29) is 5.56 Å². The Labute approximate surface area is 153 Å². The number of hydrazine groups is 1. The van der Waals surface area contributed by atoms with Crippen LogP contribution in [0, 0.1) is 23.8 Å². The van der Waals surface area contributed by atoms with Gasteiger partial charge in [-0.2, -0.15) is 0 Å². The third-order valence-corrected chi connectivity index (χ3v) is 3.94. The summed E-state index contributed by atoms with van der Waals surface area (Å²) >= 11 is 1.94. The molecule has 0 atom stereocenters. The molecule has 0 aliphatic carbocycles. The second kappa shape index (κ2) is 7.65. The number of hydrogen-bond acceptors (Lipinski definition) is 6. The standard InChI is InChI=1S/C14H9IN4O6/c15-12-4-2-1-3-11(12)14(21)17-16-13(20)8-5-9(18(22)23)7-10(6-8)19(24)25/h1-7H,(H,16,20)(H,17,21). The Bertz CT molecular complexity index is 853. The van der Waals surface area contributed by atoms with Crippen LogP contribution in [0.25, 0.3) is 0 Å². The third-order valence-electron chi connectivity index (χ3n) is 2.99. The highest BCUT2D eigenvalue weighted by Crippen LogP contribution is 2.22.